The molecule has 78 valence electrons. The molecule has 0 aromatic rings. The van der Waals surface area contributed by atoms with E-state index in [-0.39, 0.29) is 0 Å². The van der Waals surface area contributed by atoms with Gasteiger partial charge in [0.05, 0.1) is 10.4 Å². The van der Waals surface area contributed by atoms with Crippen molar-refractivity contribution in [2.75, 3.05) is 0 Å². The topological polar surface area (TPSA) is 21.7 Å². The van der Waals surface area contributed by atoms with Gasteiger partial charge in [-0.2, -0.15) is 0 Å². The quantitative estimate of drug-likeness (QED) is 0.592. The molecule has 0 aromatic heterocycles. The molecule has 13 heavy (non-hydrogen) atoms. The highest BCUT2D eigenvalue weighted by Gasteiger charge is 2.52. The molecule has 7 heteroatoms. The van der Waals surface area contributed by atoms with Gasteiger partial charge in [-0.05, 0) is 39.3 Å². The van der Waals surface area contributed by atoms with E-state index in [1.54, 1.807) is 0 Å². The molecule has 0 aliphatic carbocycles. The van der Waals surface area contributed by atoms with Gasteiger partial charge in [0.15, 0.2) is 0 Å². The monoisotopic (exact) mass is 251 g/mol. The molecule has 3 nitrogen and oxygen atoms in total. The fraction of sp³-hybridized carbons (Fsp3) is 1.00. The summed E-state index contributed by atoms with van der Waals surface area (Å²) in [5.41, 5.74) is 0. The van der Waals surface area contributed by atoms with E-state index in [1.807, 2.05) is 0 Å². The third-order valence-electron chi connectivity index (χ3n) is 2.61. The van der Waals surface area contributed by atoms with Crippen LogP contribution >= 0.6 is 0 Å². The van der Waals surface area contributed by atoms with E-state index in [0.29, 0.717) is 0 Å². The second kappa shape index (κ2) is 3.12. The van der Waals surface area contributed by atoms with Crippen LogP contribution in [0.2, 0.25) is 39.3 Å². The van der Waals surface area contributed by atoms with Gasteiger partial charge in [-0.1, -0.05) is 0 Å². The summed E-state index contributed by atoms with van der Waals surface area (Å²) >= 11 is 0. The Bertz CT molecular complexity index is 199. The fourth-order valence-electron chi connectivity index (χ4n) is 2.01. The Kier molecular flexibility index (Phi) is 2.84. The summed E-state index contributed by atoms with van der Waals surface area (Å²) in [5, 5.41) is 0. The van der Waals surface area contributed by atoms with E-state index in [4.69, 9.17) is 8.23 Å². The van der Waals surface area contributed by atoms with Gasteiger partial charge < -0.3 is 12.1 Å². The van der Waals surface area contributed by atoms with Crippen molar-refractivity contribution >= 4 is 35.9 Å². The van der Waals surface area contributed by atoms with Gasteiger partial charge in [0.25, 0.3) is 0 Å². The van der Waals surface area contributed by atoms with Gasteiger partial charge in [0, 0.05) is 0 Å². The molecule has 1 saturated heterocycles. The average Bonchev–Trinajstić information content (AvgIpc) is 1.77. The summed E-state index contributed by atoms with van der Waals surface area (Å²) in [4.78, 5) is 0. The van der Waals surface area contributed by atoms with Crippen molar-refractivity contribution in [2.45, 2.75) is 39.3 Å². The minimum absolute atomic E-state index is 1.08. The average molecular weight is 252 g/mol. The number of hydrogen-bond acceptors (Lipinski definition) is 3. The molecular formula is C6H21NO2Si4. The zero-order valence-electron chi connectivity index (χ0n) is 9.76. The number of rotatable bonds is 0. The third-order valence-corrected chi connectivity index (χ3v) is 23.5. The van der Waals surface area contributed by atoms with Crippen LogP contribution in [0.1, 0.15) is 0 Å². The molecule has 1 rings (SSSR count). The van der Waals surface area contributed by atoms with Gasteiger partial charge in [-0.15, -0.1) is 0 Å². The lowest BCUT2D eigenvalue weighted by Crippen LogP contribution is -2.74. The first-order chi connectivity index (χ1) is 5.57. The first-order valence-electron chi connectivity index (χ1n) is 4.71. The molecule has 0 N–H and O–H groups in total. The van der Waals surface area contributed by atoms with E-state index in [1.165, 1.54) is 0 Å². The van der Waals surface area contributed by atoms with Crippen molar-refractivity contribution in [3.63, 3.8) is 0 Å². The highest BCUT2D eigenvalue weighted by molar-refractivity contribution is 6.99. The Hall–Kier alpha value is 0.748. The predicted molar refractivity (Wildman–Crippen MR) is 66.4 cm³/mol. The van der Waals surface area contributed by atoms with Crippen molar-refractivity contribution in [1.29, 1.82) is 0 Å². The van der Waals surface area contributed by atoms with Crippen LogP contribution in [-0.4, -0.2) is 39.8 Å². The molecule has 0 amide bonds. The smallest absolute Gasteiger partial charge is 0.312 e. The van der Waals surface area contributed by atoms with Crippen LogP contribution in [0, 0.1) is 0 Å². The zero-order valence-corrected chi connectivity index (χ0v) is 14.8. The summed E-state index contributed by atoms with van der Waals surface area (Å²) in [7, 11) is -3.87. The Balaban J connectivity index is 2.96. The second-order valence-electron chi connectivity index (χ2n) is 5.06. The molecule has 1 aliphatic rings. The molecule has 0 atom stereocenters. The molecular weight excluding hydrogens is 230 g/mol. The van der Waals surface area contributed by atoms with E-state index in [9.17, 15) is 0 Å². The van der Waals surface area contributed by atoms with Gasteiger partial charge >= 0.3 is 8.56 Å². The Morgan fingerprint density at radius 2 is 1.15 bits per heavy atom. The van der Waals surface area contributed by atoms with Gasteiger partial charge in [0.2, 0.25) is 17.0 Å². The lowest BCUT2D eigenvalue weighted by atomic mass is 11.9. The second-order valence-corrected chi connectivity index (χ2v) is 19.7. The molecule has 0 spiro atoms. The summed E-state index contributed by atoms with van der Waals surface area (Å²) in [6.45, 7) is 13.5. The predicted octanol–water partition coefficient (Wildman–Crippen LogP) is 0.721. The Labute approximate surface area is 87.6 Å². The van der Waals surface area contributed by atoms with Crippen molar-refractivity contribution in [3.05, 3.63) is 0 Å². The molecule has 0 saturated carbocycles. The van der Waals surface area contributed by atoms with Gasteiger partial charge in [-0.3, -0.25) is 0 Å². The molecule has 0 bridgehead atoms. The minimum atomic E-state index is -1.80. The molecule has 0 unspecified atom stereocenters. The molecule has 1 fully saturated rings. The lowest BCUT2D eigenvalue weighted by Gasteiger charge is -2.53. The van der Waals surface area contributed by atoms with Crippen LogP contribution < -0.4 is 0 Å². The SMILES string of the molecule is C[Si]1(C)O[Si](C)(C)N([SiH3])[Si](C)(C)O1. The number of nitrogens with zero attached hydrogens (tertiary/aromatic N) is 1. The van der Waals surface area contributed by atoms with E-state index in [2.05, 4.69) is 43.2 Å². The summed E-state index contributed by atoms with van der Waals surface area (Å²) < 4.78 is 14.9. The van der Waals surface area contributed by atoms with Crippen LogP contribution in [-0.2, 0) is 8.23 Å². The summed E-state index contributed by atoms with van der Waals surface area (Å²) in [5.74, 6) is 0. The number of hydrogen-bond donors (Lipinski definition) is 0. The summed E-state index contributed by atoms with van der Waals surface area (Å²) in [6.07, 6.45) is 0. The van der Waals surface area contributed by atoms with Crippen molar-refractivity contribution in [2.24, 2.45) is 0 Å². The third kappa shape index (κ3) is 2.40. The van der Waals surface area contributed by atoms with Gasteiger partial charge in [-0.25, -0.2) is 0 Å². The van der Waals surface area contributed by atoms with Crippen LogP contribution in [0.4, 0.5) is 0 Å². The Morgan fingerprint density at radius 3 is 1.46 bits per heavy atom. The van der Waals surface area contributed by atoms with Crippen LogP contribution in [0.15, 0.2) is 0 Å². The van der Waals surface area contributed by atoms with E-state index < -0.39 is 25.5 Å². The highest BCUT2D eigenvalue weighted by atomic mass is 28.5. The largest absolute Gasteiger partial charge is 0.425 e. The molecule has 1 heterocycles. The molecule has 0 radical (unpaired) electrons. The minimum Gasteiger partial charge on any atom is -0.425 e. The van der Waals surface area contributed by atoms with Crippen molar-refractivity contribution < 1.29 is 8.23 Å². The van der Waals surface area contributed by atoms with Crippen LogP contribution in [0.3, 0.4) is 0 Å². The van der Waals surface area contributed by atoms with Crippen LogP contribution in [0.5, 0.6) is 0 Å². The maximum Gasteiger partial charge on any atom is 0.312 e. The van der Waals surface area contributed by atoms with E-state index >= 15 is 0 Å². The van der Waals surface area contributed by atoms with Crippen molar-refractivity contribution in [1.82, 2.24) is 3.90 Å². The first kappa shape index (κ1) is 11.8. The molecule has 0 aromatic carbocycles. The zero-order chi connectivity index (χ0) is 10.5. The lowest BCUT2D eigenvalue weighted by molar-refractivity contribution is 0.327. The molecule has 1 aliphatic heterocycles. The summed E-state index contributed by atoms with van der Waals surface area (Å²) in [6, 6.07) is 0. The maximum atomic E-state index is 6.16. The standard InChI is InChI=1S/C6H21NO2Si4/c1-11(2)7(10)12(3,4)9-13(5,6)8-11/h1-6,10H3. The fourth-order valence-corrected chi connectivity index (χ4v) is 20.9. The first-order valence-corrected chi connectivity index (χ1v) is 14.1. The van der Waals surface area contributed by atoms with Crippen LogP contribution in [0.25, 0.3) is 0 Å². The van der Waals surface area contributed by atoms with Crippen molar-refractivity contribution in [3.8, 4) is 0 Å². The maximum absolute atomic E-state index is 6.16. The Morgan fingerprint density at radius 1 is 0.846 bits per heavy atom. The van der Waals surface area contributed by atoms with E-state index in [0.717, 1.165) is 10.4 Å². The highest BCUT2D eigenvalue weighted by Crippen LogP contribution is 2.31. The van der Waals surface area contributed by atoms with Gasteiger partial charge in [0.1, 0.15) is 0 Å². The normalized spacial score (nSPS) is 31.8.